The van der Waals surface area contributed by atoms with Crippen molar-refractivity contribution in [2.45, 2.75) is 37.8 Å². The summed E-state index contributed by atoms with van der Waals surface area (Å²) in [6.45, 7) is 1.02. The Morgan fingerprint density at radius 3 is 2.65 bits per heavy atom. The Kier molecular flexibility index (Phi) is 5.97. The number of rotatable bonds is 4. The predicted octanol–water partition coefficient (Wildman–Crippen LogP) is 1.16. The van der Waals surface area contributed by atoms with Crippen LogP contribution in [0.5, 0.6) is 0 Å². The fourth-order valence-electron chi connectivity index (χ4n) is 2.54. The van der Waals surface area contributed by atoms with Gasteiger partial charge in [-0.15, -0.1) is 0 Å². The summed E-state index contributed by atoms with van der Waals surface area (Å²) in [6.07, 6.45) is 3.61. The minimum absolute atomic E-state index is 0.00850. The highest BCUT2D eigenvalue weighted by molar-refractivity contribution is 7.99. The van der Waals surface area contributed by atoms with E-state index < -0.39 is 5.97 Å². The van der Waals surface area contributed by atoms with Crippen LogP contribution < -0.4 is 5.32 Å². The largest absolute Gasteiger partial charge is 0.480 e. The van der Waals surface area contributed by atoms with Gasteiger partial charge in [-0.25, -0.2) is 9.59 Å². The first kappa shape index (κ1) is 15.4. The first-order valence-electron chi connectivity index (χ1n) is 7.11. The topological polar surface area (TPSA) is 78.9 Å². The predicted molar refractivity (Wildman–Crippen MR) is 77.1 cm³/mol. The van der Waals surface area contributed by atoms with E-state index in [1.165, 1.54) is 12.2 Å². The molecule has 6 nitrogen and oxygen atoms in total. The molecule has 1 atom stereocenters. The first-order chi connectivity index (χ1) is 9.65. The molecule has 2 fully saturated rings. The van der Waals surface area contributed by atoms with Crippen molar-refractivity contribution < 1.29 is 19.4 Å². The highest BCUT2D eigenvalue weighted by atomic mass is 32.2. The number of urea groups is 1. The van der Waals surface area contributed by atoms with Gasteiger partial charge in [-0.1, -0.05) is 0 Å². The van der Waals surface area contributed by atoms with Crippen molar-refractivity contribution in [2.75, 3.05) is 31.2 Å². The summed E-state index contributed by atoms with van der Waals surface area (Å²) in [5.41, 5.74) is 0. The molecule has 2 saturated heterocycles. The van der Waals surface area contributed by atoms with Crippen molar-refractivity contribution in [3.05, 3.63) is 0 Å². The lowest BCUT2D eigenvalue weighted by molar-refractivity contribution is -0.145. The number of carbonyl (C=O) groups is 2. The number of nitrogens with zero attached hydrogens (tertiary/aromatic N) is 1. The van der Waals surface area contributed by atoms with Crippen LogP contribution in [0.25, 0.3) is 0 Å². The number of aliphatic carboxylic acids is 1. The van der Waals surface area contributed by atoms with Crippen molar-refractivity contribution in [1.29, 1.82) is 0 Å². The summed E-state index contributed by atoms with van der Waals surface area (Å²) < 4.78 is 5.26. The second-order valence-corrected chi connectivity index (χ2v) is 6.40. The number of hydrogen-bond acceptors (Lipinski definition) is 4. The van der Waals surface area contributed by atoms with Gasteiger partial charge in [0, 0.05) is 24.9 Å². The molecule has 2 N–H and O–H groups in total. The average Bonchev–Trinajstić information content (AvgIpc) is 2.46. The van der Waals surface area contributed by atoms with Crippen molar-refractivity contribution in [2.24, 2.45) is 0 Å². The first-order valence-corrected chi connectivity index (χ1v) is 8.27. The summed E-state index contributed by atoms with van der Waals surface area (Å²) in [6, 6.07) is 0.302. The van der Waals surface area contributed by atoms with Crippen molar-refractivity contribution >= 4 is 23.8 Å². The quantitative estimate of drug-likeness (QED) is 0.814. The smallest absolute Gasteiger partial charge is 0.329 e. The third-order valence-corrected chi connectivity index (χ3v) is 4.88. The number of piperidine rings is 1. The maximum absolute atomic E-state index is 12.1. The molecule has 2 amide bonds. The molecule has 0 spiro atoms. The lowest BCUT2D eigenvalue weighted by Gasteiger charge is -2.33. The van der Waals surface area contributed by atoms with Gasteiger partial charge in [0.1, 0.15) is 6.61 Å². The number of likely N-dealkylation sites (tertiary alicyclic amines) is 1. The molecule has 0 saturated carbocycles. The molecule has 1 unspecified atom stereocenters. The number of thioether (sulfide) groups is 1. The Hall–Kier alpha value is -0.950. The van der Waals surface area contributed by atoms with Gasteiger partial charge in [-0.05, 0) is 31.4 Å². The molecular formula is C13H22N2O4S. The number of carboxylic acids is 1. The number of nitrogens with one attached hydrogen (secondary N) is 1. The number of amides is 2. The summed E-state index contributed by atoms with van der Waals surface area (Å²) in [4.78, 5) is 24.3. The Labute approximate surface area is 123 Å². The Balaban J connectivity index is 1.67. The van der Waals surface area contributed by atoms with Gasteiger partial charge < -0.3 is 20.1 Å². The number of ether oxygens (including phenoxy) is 1. The zero-order valence-electron chi connectivity index (χ0n) is 11.5. The molecule has 0 aliphatic carbocycles. The second-order valence-electron chi connectivity index (χ2n) is 5.25. The van der Waals surface area contributed by atoms with Crippen molar-refractivity contribution in [1.82, 2.24) is 10.2 Å². The van der Waals surface area contributed by atoms with Crippen molar-refractivity contribution in [3.8, 4) is 0 Å². The molecule has 0 aromatic heterocycles. The molecule has 2 aliphatic rings. The van der Waals surface area contributed by atoms with Crippen LogP contribution in [0, 0.1) is 0 Å². The van der Waals surface area contributed by atoms with Gasteiger partial charge in [0.05, 0.1) is 6.10 Å². The second kappa shape index (κ2) is 7.73. The zero-order chi connectivity index (χ0) is 14.4. The van der Waals surface area contributed by atoms with E-state index >= 15 is 0 Å². The van der Waals surface area contributed by atoms with E-state index in [1.807, 2.05) is 11.8 Å². The molecule has 2 heterocycles. The summed E-state index contributed by atoms with van der Waals surface area (Å²) in [7, 11) is 0. The lowest BCUT2D eigenvalue weighted by Crippen LogP contribution is -2.50. The maximum Gasteiger partial charge on any atom is 0.329 e. The monoisotopic (exact) mass is 302 g/mol. The molecule has 0 aromatic carbocycles. The molecule has 20 heavy (non-hydrogen) atoms. The summed E-state index contributed by atoms with van der Waals surface area (Å²) in [5, 5.41) is 11.6. The van der Waals surface area contributed by atoms with E-state index in [0.29, 0.717) is 32.0 Å². The van der Waals surface area contributed by atoms with Crippen LogP contribution >= 0.6 is 11.8 Å². The normalized spacial score (nSPS) is 24.4. The summed E-state index contributed by atoms with van der Waals surface area (Å²) in [5.74, 6) is 1.25. The van der Waals surface area contributed by atoms with E-state index in [-0.39, 0.29) is 18.7 Å². The van der Waals surface area contributed by atoms with Crippen LogP contribution in [0.3, 0.4) is 0 Å². The van der Waals surface area contributed by atoms with Crippen LogP contribution in [0.1, 0.15) is 25.7 Å². The molecule has 2 rings (SSSR count). The Morgan fingerprint density at radius 2 is 2.05 bits per heavy atom. The van der Waals surface area contributed by atoms with Gasteiger partial charge >= 0.3 is 12.0 Å². The van der Waals surface area contributed by atoms with Gasteiger partial charge in [-0.3, -0.25) is 0 Å². The molecule has 114 valence electrons. The molecule has 0 bridgehead atoms. The molecule has 7 heteroatoms. The minimum Gasteiger partial charge on any atom is -0.480 e. The van der Waals surface area contributed by atoms with Crippen LogP contribution in [-0.2, 0) is 9.53 Å². The standard InChI is InChI=1S/C13H22N2O4S/c16-12(17)8-19-11-3-5-15(6-4-11)13(18)14-10-2-1-7-20-9-10/h10-11H,1-9H2,(H,14,18)(H,16,17). The minimum atomic E-state index is -0.944. The van der Waals surface area contributed by atoms with E-state index in [9.17, 15) is 9.59 Å². The van der Waals surface area contributed by atoms with Gasteiger partial charge in [0.2, 0.25) is 0 Å². The maximum atomic E-state index is 12.1. The highest BCUT2D eigenvalue weighted by Gasteiger charge is 2.25. The third kappa shape index (κ3) is 4.86. The van der Waals surface area contributed by atoms with Crippen LogP contribution in [0.4, 0.5) is 4.79 Å². The highest BCUT2D eigenvalue weighted by Crippen LogP contribution is 2.18. The third-order valence-electron chi connectivity index (χ3n) is 3.66. The summed E-state index contributed by atoms with van der Waals surface area (Å²) >= 11 is 1.89. The zero-order valence-corrected chi connectivity index (χ0v) is 12.4. The SMILES string of the molecule is O=C(O)COC1CCN(C(=O)NC2CCCSC2)CC1. The molecule has 0 radical (unpaired) electrons. The van der Waals surface area contributed by atoms with Crippen molar-refractivity contribution in [3.63, 3.8) is 0 Å². The fourth-order valence-corrected chi connectivity index (χ4v) is 3.61. The van der Waals surface area contributed by atoms with Crippen LogP contribution in [-0.4, -0.2) is 65.4 Å². The molecule has 0 aromatic rings. The number of carbonyl (C=O) groups excluding carboxylic acids is 1. The average molecular weight is 302 g/mol. The Morgan fingerprint density at radius 1 is 1.30 bits per heavy atom. The molecule has 2 aliphatic heterocycles. The number of carboxylic acid groups (broad SMARTS) is 1. The van der Waals surface area contributed by atoms with E-state index in [1.54, 1.807) is 4.90 Å². The fraction of sp³-hybridized carbons (Fsp3) is 0.846. The van der Waals surface area contributed by atoms with E-state index in [0.717, 1.165) is 12.2 Å². The molecular weight excluding hydrogens is 280 g/mol. The Bertz CT molecular complexity index is 339. The van der Waals surface area contributed by atoms with Gasteiger partial charge in [0.25, 0.3) is 0 Å². The van der Waals surface area contributed by atoms with Gasteiger partial charge in [-0.2, -0.15) is 11.8 Å². The lowest BCUT2D eigenvalue weighted by atomic mass is 10.1. The van der Waals surface area contributed by atoms with E-state index in [4.69, 9.17) is 9.84 Å². The number of hydrogen-bond donors (Lipinski definition) is 2. The van der Waals surface area contributed by atoms with Gasteiger partial charge in [0.15, 0.2) is 0 Å². The van der Waals surface area contributed by atoms with Crippen LogP contribution in [0.15, 0.2) is 0 Å². The van der Waals surface area contributed by atoms with Crippen LogP contribution in [0.2, 0.25) is 0 Å². The van der Waals surface area contributed by atoms with E-state index in [2.05, 4.69) is 5.32 Å².